The predicted octanol–water partition coefficient (Wildman–Crippen LogP) is 6.74. The van der Waals surface area contributed by atoms with Crippen LogP contribution in [0, 0.1) is 0 Å². The molecule has 5 heterocycles. The molecule has 3 fully saturated rings. The van der Waals surface area contributed by atoms with E-state index in [1.807, 2.05) is 0 Å². The highest BCUT2D eigenvalue weighted by Gasteiger charge is 2.48. The van der Waals surface area contributed by atoms with Gasteiger partial charge in [0.1, 0.15) is 29.6 Å². The molecule has 0 bridgehead atoms. The predicted molar refractivity (Wildman–Crippen MR) is 213 cm³/mol. The van der Waals surface area contributed by atoms with Crippen molar-refractivity contribution in [3.05, 3.63) is 89.1 Å². The molecule has 3 aliphatic rings. The SMILES string of the molecule is COc1ccncc1C1CN(C(=O)[C@@H]2CC[C@@H]3CCC[C@H](NC(=O)c4cc5cc([C@@H](F)[P@](=O)(N[C@@H](C)C(=O)OC(C)C)Oc6ccccc6)ccc5s4)C(=O)N32)C1. The van der Waals surface area contributed by atoms with Crippen LogP contribution in [0.25, 0.3) is 10.1 Å². The largest absolute Gasteiger partial charge is 0.496 e. The Morgan fingerprint density at radius 3 is 2.51 bits per heavy atom. The molecular formula is C41H47FN5O8PS. The number of hydrogen-bond acceptors (Lipinski definition) is 10. The molecular weight excluding hydrogens is 773 g/mol. The number of alkyl halides is 1. The smallest absolute Gasteiger partial charge is 0.355 e. The lowest BCUT2D eigenvalue weighted by atomic mass is 9.91. The summed E-state index contributed by atoms with van der Waals surface area (Å²) < 4.78 is 47.9. The second-order valence-electron chi connectivity index (χ2n) is 15.1. The van der Waals surface area contributed by atoms with Crippen molar-refractivity contribution < 1.29 is 42.1 Å². The lowest BCUT2D eigenvalue weighted by Gasteiger charge is -2.42. The number of halogens is 1. The number of carbonyl (C=O) groups excluding carboxylic acids is 4. The zero-order valence-corrected chi connectivity index (χ0v) is 34.0. The first-order valence-electron chi connectivity index (χ1n) is 19.2. The number of thiophene rings is 1. The molecule has 3 amide bonds. The normalized spacial score (nSPS) is 21.9. The van der Waals surface area contributed by atoms with Gasteiger partial charge in [-0.25, -0.2) is 9.48 Å². The number of nitrogens with zero attached hydrogens (tertiary/aromatic N) is 3. The maximum Gasteiger partial charge on any atom is 0.355 e. The van der Waals surface area contributed by atoms with Crippen LogP contribution in [0.5, 0.6) is 11.5 Å². The van der Waals surface area contributed by atoms with Gasteiger partial charge in [-0.3, -0.25) is 28.7 Å². The van der Waals surface area contributed by atoms with E-state index in [1.165, 1.54) is 42.5 Å². The quantitative estimate of drug-likeness (QED) is 0.109. The van der Waals surface area contributed by atoms with Crippen molar-refractivity contribution in [2.45, 2.75) is 95.0 Å². The van der Waals surface area contributed by atoms with E-state index in [0.29, 0.717) is 47.3 Å². The minimum Gasteiger partial charge on any atom is -0.496 e. The molecule has 3 aliphatic heterocycles. The van der Waals surface area contributed by atoms with Crippen LogP contribution in [0.15, 0.2) is 73.1 Å². The molecule has 2 aromatic heterocycles. The maximum atomic E-state index is 16.5. The van der Waals surface area contributed by atoms with Crippen LogP contribution >= 0.6 is 18.9 Å². The fourth-order valence-corrected chi connectivity index (χ4v) is 10.7. The van der Waals surface area contributed by atoms with Crippen LogP contribution in [0.4, 0.5) is 4.39 Å². The van der Waals surface area contributed by atoms with Gasteiger partial charge in [0.15, 0.2) is 0 Å². The number of aromatic nitrogens is 1. The highest BCUT2D eigenvalue weighted by molar-refractivity contribution is 7.57. The summed E-state index contributed by atoms with van der Waals surface area (Å²) in [5.41, 5.74) is 0.972. The Morgan fingerprint density at radius 2 is 1.77 bits per heavy atom. The Hall–Kier alpha value is -4.85. The second-order valence-corrected chi connectivity index (χ2v) is 18.3. The van der Waals surface area contributed by atoms with Crippen molar-refractivity contribution in [2.75, 3.05) is 20.2 Å². The van der Waals surface area contributed by atoms with Gasteiger partial charge in [0.05, 0.1) is 18.1 Å². The van der Waals surface area contributed by atoms with Crippen molar-refractivity contribution >= 4 is 52.6 Å². The van der Waals surface area contributed by atoms with Gasteiger partial charge in [0, 0.05) is 47.7 Å². The molecule has 302 valence electrons. The molecule has 7 rings (SSSR count). The number of methoxy groups -OCH3 is 1. The molecule has 3 saturated heterocycles. The monoisotopic (exact) mass is 819 g/mol. The summed E-state index contributed by atoms with van der Waals surface area (Å²) in [5.74, 6) is -2.72. The summed E-state index contributed by atoms with van der Waals surface area (Å²) in [6.45, 7) is 5.81. The zero-order valence-electron chi connectivity index (χ0n) is 32.3. The van der Waals surface area contributed by atoms with Gasteiger partial charge >= 0.3 is 13.5 Å². The number of benzene rings is 2. The number of para-hydroxylation sites is 1. The van der Waals surface area contributed by atoms with Gasteiger partial charge in [-0.05, 0) is 100 Å². The summed E-state index contributed by atoms with van der Waals surface area (Å²) in [5, 5.41) is 6.04. The van der Waals surface area contributed by atoms with Crippen molar-refractivity contribution in [1.29, 1.82) is 0 Å². The topological polar surface area (TPSA) is 156 Å². The Labute approximate surface area is 334 Å². The van der Waals surface area contributed by atoms with Gasteiger partial charge in [0.25, 0.3) is 5.91 Å². The number of nitrogens with one attached hydrogen (secondary N) is 2. The first-order valence-corrected chi connectivity index (χ1v) is 21.8. The molecule has 4 aromatic rings. The van der Waals surface area contributed by atoms with Crippen LogP contribution in [0.1, 0.15) is 85.5 Å². The molecule has 6 atom stereocenters. The minimum atomic E-state index is -4.45. The van der Waals surface area contributed by atoms with Gasteiger partial charge in [0.2, 0.25) is 17.7 Å². The molecule has 0 saturated carbocycles. The number of esters is 1. The molecule has 0 spiro atoms. The fourth-order valence-electron chi connectivity index (χ4n) is 7.87. The average molecular weight is 820 g/mol. The van der Waals surface area contributed by atoms with Crippen LogP contribution < -0.4 is 19.7 Å². The first kappa shape index (κ1) is 40.4. The Balaban J connectivity index is 1.04. The number of pyridine rings is 1. The van der Waals surface area contributed by atoms with E-state index in [0.717, 1.165) is 24.2 Å². The van der Waals surface area contributed by atoms with E-state index >= 15 is 4.39 Å². The van der Waals surface area contributed by atoms with Crippen molar-refractivity contribution in [2.24, 2.45) is 0 Å². The molecule has 2 N–H and O–H groups in total. The van der Waals surface area contributed by atoms with Crippen LogP contribution in [-0.2, 0) is 23.7 Å². The highest BCUT2D eigenvalue weighted by atomic mass is 32.1. The lowest BCUT2D eigenvalue weighted by molar-refractivity contribution is -0.149. The van der Waals surface area contributed by atoms with Crippen LogP contribution in [0.3, 0.4) is 0 Å². The van der Waals surface area contributed by atoms with E-state index in [2.05, 4.69) is 15.4 Å². The summed E-state index contributed by atoms with van der Waals surface area (Å²) in [6, 6.07) is 13.5. The lowest BCUT2D eigenvalue weighted by Crippen LogP contribution is -2.58. The summed E-state index contributed by atoms with van der Waals surface area (Å²) in [6.07, 6.45) is 6.20. The third kappa shape index (κ3) is 8.56. The molecule has 0 aliphatic carbocycles. The Morgan fingerprint density at radius 1 is 1.00 bits per heavy atom. The average Bonchev–Trinajstić information content (AvgIpc) is 3.77. The molecule has 0 radical (unpaired) electrons. The summed E-state index contributed by atoms with van der Waals surface area (Å²) in [4.78, 5) is 62.3. The highest BCUT2D eigenvalue weighted by Crippen LogP contribution is 2.58. The number of fused-ring (bicyclic) bond motifs is 2. The van der Waals surface area contributed by atoms with Crippen molar-refractivity contribution in [3.63, 3.8) is 0 Å². The van der Waals surface area contributed by atoms with Gasteiger partial charge in [-0.15, -0.1) is 11.3 Å². The minimum absolute atomic E-state index is 0.0197. The van der Waals surface area contributed by atoms with E-state index in [-0.39, 0.29) is 35.1 Å². The van der Waals surface area contributed by atoms with Crippen LogP contribution in [-0.4, -0.2) is 88.9 Å². The zero-order chi connectivity index (χ0) is 40.4. The maximum absolute atomic E-state index is 16.5. The molecule has 0 unspecified atom stereocenters. The van der Waals surface area contributed by atoms with E-state index < -0.39 is 49.5 Å². The standard InChI is InChI=1S/C41H47FN5O8PS/c1-24(2)54-41(51)25(3)45-56(52,55-30-10-6-5-7-11-30)37(42)26-13-16-35-27(19-26)20-36(57-35)38(48)44-32-12-8-9-29-14-15-33(47(29)39(32)49)40(50)46-22-28(23-46)31-21-43-18-17-34(31)53-4/h5-7,10-11,13,16-21,24-25,28-29,32-33,37H,8-9,12,14-15,22-23H2,1-4H3,(H,44,48)(H,45,52)/t25-,29-,32-,33-,37-,56+/m0/s1. The van der Waals surface area contributed by atoms with Crippen LogP contribution in [0.2, 0.25) is 0 Å². The summed E-state index contributed by atoms with van der Waals surface area (Å²) in [7, 11) is -2.84. The fraction of sp³-hybridized carbons (Fsp3) is 0.439. The number of carbonyl (C=O) groups is 4. The molecule has 13 nitrogen and oxygen atoms in total. The van der Waals surface area contributed by atoms with Crippen molar-refractivity contribution in [1.82, 2.24) is 25.2 Å². The van der Waals surface area contributed by atoms with Crippen molar-refractivity contribution in [3.8, 4) is 11.5 Å². The van der Waals surface area contributed by atoms with Gasteiger partial charge in [-0.1, -0.05) is 24.3 Å². The summed E-state index contributed by atoms with van der Waals surface area (Å²) >= 11 is 1.18. The van der Waals surface area contributed by atoms with E-state index in [4.69, 9.17) is 14.0 Å². The second kappa shape index (κ2) is 16.9. The number of amides is 3. The van der Waals surface area contributed by atoms with Gasteiger partial charge in [-0.2, -0.15) is 0 Å². The number of hydrogen-bond donors (Lipinski definition) is 2. The Kier molecular flexibility index (Phi) is 12.0. The number of rotatable bonds is 13. The van der Waals surface area contributed by atoms with E-state index in [1.54, 1.807) is 79.5 Å². The molecule has 16 heteroatoms. The third-order valence-electron chi connectivity index (χ3n) is 10.7. The molecule has 57 heavy (non-hydrogen) atoms. The number of likely N-dealkylation sites (tertiary alicyclic amines) is 1. The molecule has 2 aromatic carbocycles. The van der Waals surface area contributed by atoms with E-state index in [9.17, 15) is 23.7 Å². The van der Waals surface area contributed by atoms with Gasteiger partial charge < -0.3 is 29.1 Å². The third-order valence-corrected chi connectivity index (χ3v) is 14.0. The first-order chi connectivity index (χ1) is 27.3. The number of ether oxygens (including phenoxy) is 2. The Bertz CT molecular complexity index is 2180.